The molecule has 0 spiro atoms. The van der Waals surface area contributed by atoms with Crippen molar-refractivity contribution < 1.29 is 28.6 Å². The highest BCUT2D eigenvalue weighted by Crippen LogP contribution is 2.15. The van der Waals surface area contributed by atoms with E-state index in [1.807, 2.05) is 0 Å². The first-order valence-electron chi connectivity index (χ1n) is 26.7. The summed E-state index contributed by atoms with van der Waals surface area (Å²) in [7, 11) is 0. The van der Waals surface area contributed by atoms with Crippen molar-refractivity contribution in [3.8, 4) is 0 Å². The summed E-state index contributed by atoms with van der Waals surface area (Å²) in [4.78, 5) is 37.7. The summed E-state index contributed by atoms with van der Waals surface area (Å²) in [6, 6.07) is 0. The molecule has 370 valence electrons. The van der Waals surface area contributed by atoms with E-state index in [1.54, 1.807) is 0 Å². The van der Waals surface area contributed by atoms with Gasteiger partial charge in [0.2, 0.25) is 0 Å². The quantitative estimate of drug-likeness (QED) is 0.0262. The van der Waals surface area contributed by atoms with E-state index < -0.39 is 6.10 Å². The lowest BCUT2D eigenvalue weighted by molar-refractivity contribution is -0.167. The van der Waals surface area contributed by atoms with Crippen molar-refractivity contribution in [2.45, 2.75) is 245 Å². The molecule has 6 heteroatoms. The van der Waals surface area contributed by atoms with Crippen LogP contribution in [-0.2, 0) is 28.6 Å². The second-order valence-electron chi connectivity index (χ2n) is 17.4. The van der Waals surface area contributed by atoms with Crippen molar-refractivity contribution in [3.63, 3.8) is 0 Å². The minimum Gasteiger partial charge on any atom is -0.462 e. The molecule has 0 amide bonds. The number of esters is 3. The smallest absolute Gasteiger partial charge is 0.306 e. The average Bonchev–Trinajstić information content (AvgIpc) is 3.30. The molecular formula is C59H98O6. The Bertz CT molecular complexity index is 1310. The zero-order valence-corrected chi connectivity index (χ0v) is 42.2. The largest absolute Gasteiger partial charge is 0.462 e. The van der Waals surface area contributed by atoms with Gasteiger partial charge in [-0.05, 0) is 96.3 Å². The number of hydrogen-bond acceptors (Lipinski definition) is 6. The maximum absolute atomic E-state index is 12.7. The lowest BCUT2D eigenvalue weighted by Crippen LogP contribution is -2.30. The molecule has 0 aromatic carbocycles. The minimum atomic E-state index is -0.795. The highest BCUT2D eigenvalue weighted by atomic mass is 16.6. The number of ether oxygens (including phenoxy) is 3. The summed E-state index contributed by atoms with van der Waals surface area (Å²) in [6.45, 7) is 6.28. The van der Waals surface area contributed by atoms with E-state index in [4.69, 9.17) is 14.2 Å². The van der Waals surface area contributed by atoms with Crippen molar-refractivity contribution in [3.05, 3.63) is 97.2 Å². The normalized spacial score (nSPS) is 12.8. The fourth-order valence-corrected chi connectivity index (χ4v) is 7.13. The van der Waals surface area contributed by atoms with Gasteiger partial charge in [-0.1, -0.05) is 221 Å². The predicted molar refractivity (Wildman–Crippen MR) is 279 cm³/mol. The molecule has 0 aliphatic heterocycles. The highest BCUT2D eigenvalue weighted by Gasteiger charge is 2.19. The fourth-order valence-electron chi connectivity index (χ4n) is 7.13. The molecule has 0 radical (unpaired) electrons. The van der Waals surface area contributed by atoms with E-state index in [0.717, 1.165) is 116 Å². The third kappa shape index (κ3) is 51.2. The topological polar surface area (TPSA) is 78.9 Å². The Labute approximate surface area is 400 Å². The first-order chi connectivity index (χ1) is 32.0. The van der Waals surface area contributed by atoms with Crippen molar-refractivity contribution >= 4 is 17.9 Å². The van der Waals surface area contributed by atoms with E-state index in [0.29, 0.717) is 19.3 Å². The van der Waals surface area contributed by atoms with Crippen molar-refractivity contribution in [1.82, 2.24) is 0 Å². The lowest BCUT2D eigenvalue weighted by Gasteiger charge is -2.18. The first-order valence-corrected chi connectivity index (χ1v) is 26.7. The molecule has 0 N–H and O–H groups in total. The Kier molecular flexibility index (Phi) is 50.0. The number of hydrogen-bond donors (Lipinski definition) is 0. The zero-order chi connectivity index (χ0) is 47.2. The van der Waals surface area contributed by atoms with E-state index in [2.05, 4.69) is 118 Å². The molecule has 0 aromatic rings. The molecule has 0 aliphatic carbocycles. The van der Waals surface area contributed by atoms with Crippen molar-refractivity contribution in [2.75, 3.05) is 13.2 Å². The van der Waals surface area contributed by atoms with Crippen LogP contribution in [0, 0.1) is 0 Å². The minimum absolute atomic E-state index is 0.0943. The Morgan fingerprint density at radius 1 is 0.323 bits per heavy atom. The van der Waals surface area contributed by atoms with Crippen LogP contribution in [0.25, 0.3) is 0 Å². The fraction of sp³-hybridized carbons (Fsp3) is 0.678. The Morgan fingerprint density at radius 2 is 0.600 bits per heavy atom. The van der Waals surface area contributed by atoms with Gasteiger partial charge in [-0.3, -0.25) is 14.4 Å². The standard InChI is InChI=1S/C59H98O6/c1-4-7-10-13-15-17-19-21-23-24-25-26-27-28-29-30-31-32-33-34-36-37-39-41-43-46-49-52-58(61)64-55-56(54-63-57(60)51-48-45-12-9-6-3)65-59(62)53-50-47-44-42-40-38-35-22-20-18-16-14-11-8-5-2/h7-8,10-11,15-18,21-23,25-26,35,40,42,56H,4-6,9,12-14,19-20,24,27-34,36-39,41,43-55H2,1-3H3/b10-7-,11-8-,17-15-,18-16-,23-21-,26-25-,35-22-,42-40-. The van der Waals surface area contributed by atoms with Gasteiger partial charge in [0.15, 0.2) is 6.10 Å². The number of unbranched alkanes of at least 4 members (excludes halogenated alkanes) is 20. The second-order valence-corrected chi connectivity index (χ2v) is 17.4. The van der Waals surface area contributed by atoms with E-state index in [-0.39, 0.29) is 37.5 Å². The van der Waals surface area contributed by atoms with Gasteiger partial charge in [-0.2, -0.15) is 0 Å². The van der Waals surface area contributed by atoms with E-state index in [1.165, 1.54) is 77.0 Å². The monoisotopic (exact) mass is 903 g/mol. The molecule has 0 bridgehead atoms. The number of carbonyl (C=O) groups excluding carboxylic acids is 3. The van der Waals surface area contributed by atoms with Crippen LogP contribution < -0.4 is 0 Å². The van der Waals surface area contributed by atoms with Crippen LogP contribution in [-0.4, -0.2) is 37.2 Å². The molecule has 0 fully saturated rings. The van der Waals surface area contributed by atoms with Crippen molar-refractivity contribution in [2.24, 2.45) is 0 Å². The Hall–Kier alpha value is -3.67. The van der Waals surface area contributed by atoms with Crippen LogP contribution in [0.1, 0.15) is 239 Å². The maximum atomic E-state index is 12.7. The summed E-state index contributed by atoms with van der Waals surface area (Å²) in [5, 5.41) is 0. The SMILES string of the molecule is CC/C=C\C/C=C\C/C=C\C/C=C\CCCCCCCCCCCCCCCCC(=O)OCC(COC(=O)CCCCCCC)OC(=O)CCCC/C=C\C/C=C\C/C=C\C/C=C\CC. The molecule has 65 heavy (non-hydrogen) atoms. The van der Waals surface area contributed by atoms with Crippen LogP contribution in [0.2, 0.25) is 0 Å². The summed E-state index contributed by atoms with van der Waals surface area (Å²) in [6.07, 6.45) is 70.2. The second kappa shape index (κ2) is 52.9. The zero-order valence-electron chi connectivity index (χ0n) is 42.2. The van der Waals surface area contributed by atoms with Gasteiger partial charge in [0.1, 0.15) is 13.2 Å². The van der Waals surface area contributed by atoms with Crippen LogP contribution in [0.3, 0.4) is 0 Å². The van der Waals surface area contributed by atoms with E-state index >= 15 is 0 Å². The van der Waals surface area contributed by atoms with Gasteiger partial charge in [-0.25, -0.2) is 0 Å². The molecule has 0 heterocycles. The van der Waals surface area contributed by atoms with E-state index in [9.17, 15) is 14.4 Å². The molecule has 1 atom stereocenters. The average molecular weight is 903 g/mol. The van der Waals surface area contributed by atoms with Gasteiger partial charge in [0.05, 0.1) is 0 Å². The molecule has 6 nitrogen and oxygen atoms in total. The molecule has 0 aliphatic rings. The van der Waals surface area contributed by atoms with Gasteiger partial charge in [0, 0.05) is 19.3 Å². The number of rotatable bonds is 47. The van der Waals surface area contributed by atoms with Gasteiger partial charge < -0.3 is 14.2 Å². The third-order valence-electron chi connectivity index (χ3n) is 11.1. The summed E-state index contributed by atoms with van der Waals surface area (Å²) in [5.74, 6) is -0.953. The maximum Gasteiger partial charge on any atom is 0.306 e. The van der Waals surface area contributed by atoms with Gasteiger partial charge in [-0.15, -0.1) is 0 Å². The molecule has 0 aromatic heterocycles. The van der Waals surface area contributed by atoms with Crippen LogP contribution in [0.15, 0.2) is 97.2 Å². The molecule has 0 rings (SSSR count). The van der Waals surface area contributed by atoms with Crippen LogP contribution >= 0.6 is 0 Å². The van der Waals surface area contributed by atoms with Crippen molar-refractivity contribution in [1.29, 1.82) is 0 Å². The molecule has 0 saturated heterocycles. The van der Waals surface area contributed by atoms with Gasteiger partial charge >= 0.3 is 17.9 Å². The molecule has 1 unspecified atom stereocenters. The number of carbonyl (C=O) groups is 3. The van der Waals surface area contributed by atoms with Crippen LogP contribution in [0.4, 0.5) is 0 Å². The third-order valence-corrected chi connectivity index (χ3v) is 11.1. The Balaban J connectivity index is 4.10. The summed E-state index contributed by atoms with van der Waals surface area (Å²) < 4.78 is 16.6. The predicted octanol–water partition coefficient (Wildman–Crippen LogP) is 17.8. The number of allylic oxidation sites excluding steroid dienone is 16. The highest BCUT2D eigenvalue weighted by molar-refractivity contribution is 5.71. The van der Waals surface area contributed by atoms with Crippen LogP contribution in [0.5, 0.6) is 0 Å². The Morgan fingerprint density at radius 3 is 0.969 bits per heavy atom. The first kappa shape index (κ1) is 61.3. The van der Waals surface area contributed by atoms with Gasteiger partial charge in [0.25, 0.3) is 0 Å². The lowest BCUT2D eigenvalue weighted by atomic mass is 10.0. The molecular weight excluding hydrogens is 805 g/mol. The summed E-state index contributed by atoms with van der Waals surface area (Å²) >= 11 is 0. The molecule has 0 saturated carbocycles. The summed E-state index contributed by atoms with van der Waals surface area (Å²) in [5.41, 5.74) is 0.